The fourth-order valence-electron chi connectivity index (χ4n) is 3.23. The van der Waals surface area contributed by atoms with Gasteiger partial charge in [-0.25, -0.2) is 4.79 Å². The zero-order valence-electron chi connectivity index (χ0n) is 19.1. The second-order valence-corrected chi connectivity index (χ2v) is 15.2. The standard InChI is InChI=1S/C21H33NO7SSi/c1-8-11-28-19(25)17(24)22-16(23)15(13(2)29-31(6,7)21(3,4)5)18(22)30-20(26)14-10-9-12-27-14/h8,13-15,18H,1,9-12H2,2-7H3/t13?,14?,15?,18-/m1/s1. The van der Waals surface area contributed by atoms with E-state index in [1.807, 2.05) is 0 Å². The summed E-state index contributed by atoms with van der Waals surface area (Å²) in [4.78, 5) is 51.1. The minimum atomic E-state index is -2.20. The predicted octanol–water partition coefficient (Wildman–Crippen LogP) is 2.88. The smallest absolute Gasteiger partial charge is 0.397 e. The first-order valence-corrected chi connectivity index (χ1v) is 14.3. The molecule has 0 aromatic carbocycles. The molecule has 0 aromatic heterocycles. The molecule has 10 heteroatoms. The first-order chi connectivity index (χ1) is 14.3. The molecule has 2 saturated heterocycles. The highest BCUT2D eigenvalue weighted by atomic mass is 32.2. The third-order valence-electron chi connectivity index (χ3n) is 6.03. The van der Waals surface area contributed by atoms with E-state index in [1.165, 1.54) is 6.08 Å². The van der Waals surface area contributed by atoms with Crippen molar-refractivity contribution < 1.29 is 33.1 Å². The Morgan fingerprint density at radius 1 is 1.35 bits per heavy atom. The van der Waals surface area contributed by atoms with Gasteiger partial charge in [0.15, 0.2) is 8.32 Å². The Kier molecular flexibility index (Phi) is 8.29. The third kappa shape index (κ3) is 5.66. The maximum atomic E-state index is 12.9. The maximum Gasteiger partial charge on any atom is 0.397 e. The highest BCUT2D eigenvalue weighted by Gasteiger charge is 2.57. The van der Waals surface area contributed by atoms with E-state index in [0.717, 1.165) is 23.1 Å². The average Bonchev–Trinajstić information content (AvgIpc) is 3.19. The molecule has 0 spiro atoms. The number of carbonyl (C=O) groups is 4. The Bertz CT molecular complexity index is 743. The second kappa shape index (κ2) is 9.97. The van der Waals surface area contributed by atoms with Crippen LogP contribution in [0.1, 0.15) is 40.5 Å². The van der Waals surface area contributed by atoms with Crippen LogP contribution < -0.4 is 0 Å². The van der Waals surface area contributed by atoms with Gasteiger partial charge in [0.25, 0.3) is 0 Å². The van der Waals surface area contributed by atoms with Gasteiger partial charge in [-0.2, -0.15) is 0 Å². The van der Waals surface area contributed by atoms with Gasteiger partial charge in [-0.15, -0.1) is 0 Å². The first-order valence-electron chi connectivity index (χ1n) is 10.5. The minimum Gasteiger partial charge on any atom is -0.454 e. The van der Waals surface area contributed by atoms with Crippen LogP contribution in [0.15, 0.2) is 12.7 Å². The number of nitrogens with zero attached hydrogens (tertiary/aromatic N) is 1. The number of amides is 2. The number of thioether (sulfide) groups is 1. The number of β-lactam (4-membered cyclic amide) rings is 1. The molecule has 0 aromatic rings. The summed E-state index contributed by atoms with van der Waals surface area (Å²) in [5, 5.41) is -1.17. The zero-order chi connectivity index (χ0) is 23.6. The second-order valence-electron chi connectivity index (χ2n) is 9.34. The SMILES string of the molecule is C=CCOC(=O)C(=O)N1C(=O)C(C(C)O[Si](C)(C)C(C)(C)C)[C@H]1SC(=O)C1CCCO1. The molecular formula is C21H33NO7SSi. The van der Waals surface area contributed by atoms with Gasteiger partial charge in [-0.3, -0.25) is 19.3 Å². The van der Waals surface area contributed by atoms with Gasteiger partial charge >= 0.3 is 11.9 Å². The van der Waals surface area contributed by atoms with Crippen LogP contribution in [-0.4, -0.2) is 66.9 Å². The lowest BCUT2D eigenvalue weighted by atomic mass is 9.92. The summed E-state index contributed by atoms with van der Waals surface area (Å²) in [7, 11) is -2.20. The molecule has 2 aliphatic rings. The van der Waals surface area contributed by atoms with E-state index in [2.05, 4.69) is 40.4 Å². The summed E-state index contributed by atoms with van der Waals surface area (Å²) >= 11 is 0.863. The Morgan fingerprint density at radius 2 is 2.00 bits per heavy atom. The number of hydrogen-bond acceptors (Lipinski definition) is 8. The Balaban J connectivity index is 2.21. The third-order valence-corrected chi connectivity index (χ3v) is 11.8. The number of esters is 1. The van der Waals surface area contributed by atoms with E-state index in [-0.39, 0.29) is 16.8 Å². The minimum absolute atomic E-state index is 0.0752. The number of carbonyl (C=O) groups excluding carboxylic acids is 4. The van der Waals surface area contributed by atoms with Crippen LogP contribution in [-0.2, 0) is 33.1 Å². The molecule has 3 unspecified atom stereocenters. The fraction of sp³-hybridized carbons (Fsp3) is 0.714. The van der Waals surface area contributed by atoms with E-state index >= 15 is 0 Å². The van der Waals surface area contributed by atoms with Gasteiger partial charge in [-0.05, 0) is 37.9 Å². The van der Waals surface area contributed by atoms with E-state index in [9.17, 15) is 19.2 Å². The van der Waals surface area contributed by atoms with Gasteiger partial charge in [0, 0.05) is 6.61 Å². The van der Waals surface area contributed by atoms with Crippen LogP contribution in [0, 0.1) is 5.92 Å². The summed E-state index contributed by atoms with van der Waals surface area (Å²) in [6.45, 7) is 16.0. The van der Waals surface area contributed by atoms with Gasteiger partial charge in [-0.1, -0.05) is 45.2 Å². The Morgan fingerprint density at radius 3 is 2.52 bits per heavy atom. The topological polar surface area (TPSA) is 99.2 Å². The molecule has 174 valence electrons. The maximum absolute atomic E-state index is 12.9. The molecule has 2 rings (SSSR count). The lowest BCUT2D eigenvalue weighted by Gasteiger charge is -2.49. The van der Waals surface area contributed by atoms with Crippen molar-refractivity contribution in [2.75, 3.05) is 13.2 Å². The molecule has 2 heterocycles. The molecule has 2 amide bonds. The molecule has 4 atom stereocenters. The molecule has 31 heavy (non-hydrogen) atoms. The van der Waals surface area contributed by atoms with Crippen LogP contribution in [0.4, 0.5) is 0 Å². The summed E-state index contributed by atoms with van der Waals surface area (Å²) in [5.74, 6) is -3.50. The van der Waals surface area contributed by atoms with Crippen molar-refractivity contribution in [3.8, 4) is 0 Å². The van der Waals surface area contributed by atoms with E-state index < -0.39 is 49.6 Å². The van der Waals surface area contributed by atoms with Crippen molar-refractivity contribution in [3.05, 3.63) is 12.7 Å². The van der Waals surface area contributed by atoms with Gasteiger partial charge < -0.3 is 13.9 Å². The zero-order valence-corrected chi connectivity index (χ0v) is 21.0. The Labute approximate surface area is 189 Å². The number of imide groups is 1. The quantitative estimate of drug-likeness (QED) is 0.184. The normalized spacial score (nSPS) is 25.0. The van der Waals surface area contributed by atoms with Gasteiger partial charge in [0.05, 0.1) is 12.0 Å². The number of hydrogen-bond donors (Lipinski definition) is 0. The van der Waals surface area contributed by atoms with Crippen LogP contribution in [0.3, 0.4) is 0 Å². The van der Waals surface area contributed by atoms with Crippen LogP contribution in [0.25, 0.3) is 0 Å². The van der Waals surface area contributed by atoms with Crippen molar-refractivity contribution in [2.45, 2.75) is 76.3 Å². The number of rotatable bonds is 7. The average molecular weight is 472 g/mol. The summed E-state index contributed by atoms with van der Waals surface area (Å²) < 4.78 is 16.6. The Hall–Kier alpha value is -1.49. The molecule has 0 bridgehead atoms. The molecule has 0 aliphatic carbocycles. The van der Waals surface area contributed by atoms with Crippen LogP contribution in [0.5, 0.6) is 0 Å². The van der Waals surface area contributed by atoms with Gasteiger partial charge in [0.2, 0.25) is 11.0 Å². The molecule has 8 nitrogen and oxygen atoms in total. The lowest BCUT2D eigenvalue weighted by molar-refractivity contribution is -0.174. The fourth-order valence-corrected chi connectivity index (χ4v) is 6.02. The number of likely N-dealkylation sites (tertiary alicyclic amines) is 1. The molecule has 0 N–H and O–H groups in total. The highest BCUT2D eigenvalue weighted by Crippen LogP contribution is 2.43. The molecule has 2 fully saturated rings. The predicted molar refractivity (Wildman–Crippen MR) is 120 cm³/mol. The van der Waals surface area contributed by atoms with E-state index in [0.29, 0.717) is 13.0 Å². The molecule has 0 saturated carbocycles. The van der Waals surface area contributed by atoms with E-state index in [1.54, 1.807) is 6.92 Å². The van der Waals surface area contributed by atoms with Crippen molar-refractivity contribution in [2.24, 2.45) is 5.92 Å². The van der Waals surface area contributed by atoms with E-state index in [4.69, 9.17) is 13.9 Å². The largest absolute Gasteiger partial charge is 0.454 e. The molecule has 2 aliphatic heterocycles. The van der Waals surface area contributed by atoms with Crippen molar-refractivity contribution in [1.82, 2.24) is 4.90 Å². The monoisotopic (exact) mass is 471 g/mol. The highest BCUT2D eigenvalue weighted by molar-refractivity contribution is 8.14. The summed E-state index contributed by atoms with van der Waals surface area (Å²) in [6.07, 6.45) is 1.63. The van der Waals surface area contributed by atoms with Crippen molar-refractivity contribution in [1.29, 1.82) is 0 Å². The summed E-state index contributed by atoms with van der Waals surface area (Å²) in [6, 6.07) is 0. The first kappa shape index (κ1) is 25.8. The van der Waals surface area contributed by atoms with Crippen LogP contribution in [0.2, 0.25) is 18.1 Å². The van der Waals surface area contributed by atoms with Crippen molar-refractivity contribution >= 4 is 43.0 Å². The van der Waals surface area contributed by atoms with Crippen molar-refractivity contribution in [3.63, 3.8) is 0 Å². The number of ether oxygens (including phenoxy) is 2. The lowest BCUT2D eigenvalue weighted by Crippen LogP contribution is -2.67. The molecule has 0 radical (unpaired) electrons. The molecular weight excluding hydrogens is 438 g/mol. The summed E-state index contributed by atoms with van der Waals surface area (Å²) in [5.41, 5.74) is 0. The van der Waals surface area contributed by atoms with Gasteiger partial charge in [0.1, 0.15) is 18.1 Å². The van der Waals surface area contributed by atoms with Crippen LogP contribution >= 0.6 is 11.8 Å².